The van der Waals surface area contributed by atoms with Gasteiger partial charge in [0.15, 0.2) is 0 Å². The molecule has 0 spiro atoms. The van der Waals surface area contributed by atoms with Crippen LogP contribution in [0.5, 0.6) is 5.75 Å². The Bertz CT molecular complexity index is 687. The number of nitrogens with one attached hydrogen (secondary N) is 1. The number of carboxylic acid groups (broad SMARTS) is 1. The van der Waals surface area contributed by atoms with Gasteiger partial charge in [-0.15, -0.1) is 0 Å². The number of hydrogen-bond donors (Lipinski definition) is 4. The van der Waals surface area contributed by atoms with Crippen LogP contribution >= 0.6 is 0 Å². The van der Waals surface area contributed by atoms with Crippen LogP contribution in [0.4, 0.5) is 0 Å². The van der Waals surface area contributed by atoms with E-state index in [2.05, 4.69) is 10.3 Å². The average Bonchev–Trinajstić information content (AvgIpc) is 3.12. The minimum Gasteiger partial charge on any atom is -0.486 e. The molecule has 136 valence electrons. The molecule has 0 aromatic heterocycles. The molecule has 0 amide bonds. The SMILES string of the molecule is C[C@@](ON)(C(=O)O)[C@H]1CCc2cc(C(N)=N[C@H]3CCNC3)ccc2O1. The van der Waals surface area contributed by atoms with Crippen LogP contribution in [-0.2, 0) is 16.1 Å². The number of carbonyl (C=O) groups is 1. The number of aryl methyl sites for hydroxylation is 1. The molecule has 8 nitrogen and oxygen atoms in total. The second kappa shape index (κ2) is 6.99. The molecule has 2 aliphatic rings. The second-order valence-electron chi connectivity index (χ2n) is 6.66. The molecule has 0 unspecified atom stereocenters. The van der Waals surface area contributed by atoms with E-state index in [0.29, 0.717) is 24.4 Å². The van der Waals surface area contributed by atoms with Gasteiger partial charge in [0, 0.05) is 12.1 Å². The fourth-order valence-electron chi connectivity index (χ4n) is 3.22. The van der Waals surface area contributed by atoms with Crippen molar-refractivity contribution in [1.29, 1.82) is 0 Å². The van der Waals surface area contributed by atoms with Crippen molar-refractivity contribution in [3.63, 3.8) is 0 Å². The molecule has 3 atom stereocenters. The van der Waals surface area contributed by atoms with Gasteiger partial charge in [-0.3, -0.25) is 9.83 Å². The molecule has 1 saturated heterocycles. The third kappa shape index (κ3) is 3.46. The van der Waals surface area contributed by atoms with Crippen molar-refractivity contribution in [1.82, 2.24) is 5.32 Å². The van der Waals surface area contributed by atoms with Gasteiger partial charge in [-0.2, -0.15) is 0 Å². The van der Waals surface area contributed by atoms with Gasteiger partial charge >= 0.3 is 5.97 Å². The standard InChI is InChI=1S/C17H24N4O4/c1-17(25-19,16(22)23)14-5-3-10-8-11(2-4-13(10)24-14)15(18)21-12-6-7-20-9-12/h2,4,8,12,14,20H,3,5-7,9,19H2,1H3,(H2,18,21)(H,22,23)/t12-,14+,17-/m0/s1. The highest BCUT2D eigenvalue weighted by atomic mass is 16.7. The van der Waals surface area contributed by atoms with E-state index >= 15 is 0 Å². The summed E-state index contributed by atoms with van der Waals surface area (Å²) in [5, 5.41) is 12.6. The number of hydrogen-bond acceptors (Lipinski definition) is 6. The molecule has 2 aliphatic heterocycles. The summed E-state index contributed by atoms with van der Waals surface area (Å²) in [6.07, 6.45) is 1.46. The largest absolute Gasteiger partial charge is 0.486 e. The number of nitrogens with two attached hydrogens (primary N) is 2. The Balaban J connectivity index is 1.78. The van der Waals surface area contributed by atoms with E-state index in [0.717, 1.165) is 30.6 Å². The van der Waals surface area contributed by atoms with Crippen LogP contribution in [0.25, 0.3) is 0 Å². The van der Waals surface area contributed by atoms with Crippen LogP contribution in [0.2, 0.25) is 0 Å². The zero-order chi connectivity index (χ0) is 18.0. The summed E-state index contributed by atoms with van der Waals surface area (Å²) in [4.78, 5) is 20.7. The number of ether oxygens (including phenoxy) is 1. The van der Waals surface area contributed by atoms with E-state index < -0.39 is 17.7 Å². The van der Waals surface area contributed by atoms with Gasteiger partial charge in [-0.05, 0) is 56.5 Å². The zero-order valence-electron chi connectivity index (χ0n) is 14.2. The van der Waals surface area contributed by atoms with E-state index in [1.807, 2.05) is 12.1 Å². The number of nitrogens with zero attached hydrogens (tertiary/aromatic N) is 1. The Morgan fingerprint density at radius 3 is 2.92 bits per heavy atom. The minimum atomic E-state index is -1.59. The minimum absolute atomic E-state index is 0.217. The first-order valence-corrected chi connectivity index (χ1v) is 8.39. The lowest BCUT2D eigenvalue weighted by molar-refractivity contribution is -0.179. The summed E-state index contributed by atoms with van der Waals surface area (Å²) >= 11 is 0. The highest BCUT2D eigenvalue weighted by Gasteiger charge is 2.46. The van der Waals surface area contributed by atoms with Crippen LogP contribution in [0.3, 0.4) is 0 Å². The summed E-state index contributed by atoms with van der Waals surface area (Å²) < 4.78 is 5.84. The zero-order valence-corrected chi connectivity index (χ0v) is 14.2. The average molecular weight is 348 g/mol. The van der Waals surface area contributed by atoms with E-state index in [9.17, 15) is 9.90 Å². The summed E-state index contributed by atoms with van der Waals surface area (Å²) in [6, 6.07) is 5.80. The molecule has 1 aromatic rings. The van der Waals surface area contributed by atoms with E-state index in [-0.39, 0.29) is 6.04 Å². The van der Waals surface area contributed by atoms with Crippen LogP contribution in [0.15, 0.2) is 23.2 Å². The van der Waals surface area contributed by atoms with Crippen LogP contribution < -0.4 is 21.7 Å². The monoisotopic (exact) mass is 348 g/mol. The number of carboxylic acids is 1. The predicted octanol–water partition coefficient (Wildman–Crippen LogP) is 0.181. The second-order valence-corrected chi connectivity index (χ2v) is 6.66. The third-order valence-electron chi connectivity index (χ3n) is 4.94. The number of amidine groups is 1. The van der Waals surface area contributed by atoms with Gasteiger partial charge in [0.25, 0.3) is 0 Å². The quantitative estimate of drug-likeness (QED) is 0.339. The van der Waals surface area contributed by atoms with E-state index in [1.54, 1.807) is 6.07 Å². The predicted molar refractivity (Wildman–Crippen MR) is 92.5 cm³/mol. The van der Waals surface area contributed by atoms with Crippen LogP contribution in [-0.4, -0.2) is 47.7 Å². The number of rotatable bonds is 5. The topological polar surface area (TPSA) is 132 Å². The van der Waals surface area contributed by atoms with Gasteiger partial charge in [0.1, 0.15) is 17.7 Å². The number of aliphatic carboxylic acids is 1. The van der Waals surface area contributed by atoms with Crippen molar-refractivity contribution in [3.05, 3.63) is 29.3 Å². The van der Waals surface area contributed by atoms with Crippen molar-refractivity contribution in [2.45, 2.75) is 43.9 Å². The molecule has 0 bridgehead atoms. The number of benzene rings is 1. The molecular weight excluding hydrogens is 324 g/mol. The fraction of sp³-hybridized carbons (Fsp3) is 0.529. The Labute approximate surface area is 146 Å². The molecule has 8 heteroatoms. The van der Waals surface area contributed by atoms with Gasteiger partial charge < -0.3 is 20.9 Å². The third-order valence-corrected chi connectivity index (χ3v) is 4.94. The Hall–Kier alpha value is -2.16. The van der Waals surface area contributed by atoms with Crippen LogP contribution in [0.1, 0.15) is 30.9 Å². The molecule has 1 fully saturated rings. The summed E-state index contributed by atoms with van der Waals surface area (Å²) in [5.74, 6) is 5.19. The smallest absolute Gasteiger partial charge is 0.341 e. The molecular formula is C17H24N4O4. The van der Waals surface area contributed by atoms with Gasteiger partial charge in [-0.25, -0.2) is 10.7 Å². The Morgan fingerprint density at radius 1 is 1.48 bits per heavy atom. The van der Waals surface area contributed by atoms with Crippen molar-refractivity contribution in [2.75, 3.05) is 13.1 Å². The maximum absolute atomic E-state index is 11.4. The maximum Gasteiger partial charge on any atom is 0.341 e. The van der Waals surface area contributed by atoms with Crippen molar-refractivity contribution < 1.29 is 19.5 Å². The number of aliphatic imine (C=N–C) groups is 1. The van der Waals surface area contributed by atoms with Crippen molar-refractivity contribution in [2.24, 2.45) is 16.6 Å². The highest BCUT2D eigenvalue weighted by Crippen LogP contribution is 2.33. The Kier molecular flexibility index (Phi) is 4.94. The molecule has 6 N–H and O–H groups in total. The van der Waals surface area contributed by atoms with Crippen molar-refractivity contribution in [3.8, 4) is 5.75 Å². The lowest BCUT2D eigenvalue weighted by Gasteiger charge is -2.35. The molecule has 3 rings (SSSR count). The number of fused-ring (bicyclic) bond motifs is 1. The van der Waals surface area contributed by atoms with E-state index in [1.165, 1.54) is 6.92 Å². The molecule has 0 saturated carbocycles. The first-order chi connectivity index (χ1) is 11.9. The van der Waals surface area contributed by atoms with Crippen molar-refractivity contribution >= 4 is 11.8 Å². The van der Waals surface area contributed by atoms with Gasteiger partial charge in [0.05, 0.1) is 6.04 Å². The normalized spacial score (nSPS) is 25.8. The van der Waals surface area contributed by atoms with Crippen LogP contribution in [0, 0.1) is 0 Å². The lowest BCUT2D eigenvalue weighted by Crippen LogP contribution is -2.54. The first kappa shape index (κ1) is 17.7. The molecule has 2 heterocycles. The van der Waals surface area contributed by atoms with Gasteiger partial charge in [-0.1, -0.05) is 0 Å². The lowest BCUT2D eigenvalue weighted by atomic mass is 9.90. The Morgan fingerprint density at radius 2 is 2.28 bits per heavy atom. The summed E-state index contributed by atoms with van der Waals surface area (Å²) in [5.41, 5.74) is 6.37. The fourth-order valence-corrected chi connectivity index (χ4v) is 3.22. The maximum atomic E-state index is 11.4. The summed E-state index contributed by atoms with van der Waals surface area (Å²) in [6.45, 7) is 3.23. The van der Waals surface area contributed by atoms with E-state index in [4.69, 9.17) is 21.2 Å². The highest BCUT2D eigenvalue weighted by molar-refractivity contribution is 5.98. The summed E-state index contributed by atoms with van der Waals surface area (Å²) in [7, 11) is 0. The molecule has 25 heavy (non-hydrogen) atoms. The van der Waals surface area contributed by atoms with Gasteiger partial charge in [0.2, 0.25) is 5.60 Å². The molecule has 1 aromatic carbocycles. The first-order valence-electron chi connectivity index (χ1n) is 8.39. The molecule has 0 radical (unpaired) electrons. The molecule has 0 aliphatic carbocycles.